The Balaban J connectivity index is 1.54. The van der Waals surface area contributed by atoms with Crippen molar-refractivity contribution in [2.75, 3.05) is 0 Å². The molecule has 1 saturated carbocycles. The van der Waals surface area contributed by atoms with Crippen LogP contribution in [0.3, 0.4) is 0 Å². The van der Waals surface area contributed by atoms with Crippen LogP contribution in [0.2, 0.25) is 0 Å². The second-order valence-corrected chi connectivity index (χ2v) is 7.64. The highest BCUT2D eigenvalue weighted by Crippen LogP contribution is 2.64. The van der Waals surface area contributed by atoms with E-state index in [1.54, 1.807) is 12.1 Å². The van der Waals surface area contributed by atoms with Gasteiger partial charge in [0, 0.05) is 5.69 Å². The molecule has 2 N–H and O–H groups in total. The minimum Gasteiger partial charge on any atom is -0.350 e. The first-order valence-corrected chi connectivity index (χ1v) is 8.53. The number of aromatic amines is 1. The maximum Gasteiger partial charge on any atom is 0.231 e. The molecule has 5 heteroatoms. The number of carbonyl (C=O) groups excluding carboxylic acids is 1. The average Bonchev–Trinajstić information content (AvgIpc) is 2.90. The lowest BCUT2D eigenvalue weighted by atomic mass is 9.87. The third-order valence-corrected chi connectivity index (χ3v) is 5.77. The van der Waals surface area contributed by atoms with Crippen LogP contribution in [-0.4, -0.2) is 16.1 Å². The summed E-state index contributed by atoms with van der Waals surface area (Å²) in [6.07, 6.45) is 4.00. The molecule has 1 aromatic heterocycles. The summed E-state index contributed by atoms with van der Waals surface area (Å²) in [4.78, 5) is 13.0. The van der Waals surface area contributed by atoms with Gasteiger partial charge in [-0.05, 0) is 54.4 Å². The molecule has 0 bridgehead atoms. The van der Waals surface area contributed by atoms with Gasteiger partial charge in [-0.2, -0.15) is 5.10 Å². The van der Waals surface area contributed by atoms with Crippen LogP contribution in [0.15, 0.2) is 24.3 Å². The Morgan fingerprint density at radius 2 is 2.00 bits per heavy atom. The molecule has 0 radical (unpaired) electrons. The number of fused-ring (bicyclic) bond motifs is 1. The number of amides is 1. The standard InChI is InChI=1S/C19H22FN3O/c1-18(2)11-19(18,12-6-8-13(20)9-7-12)17(24)21-10-16-14-4-3-5-15(14)22-23-16/h6-9H,3-5,10-11H2,1-2H3,(H,21,24)(H,22,23)/t19-/m0/s1. The lowest BCUT2D eigenvalue weighted by molar-refractivity contribution is -0.124. The van der Waals surface area contributed by atoms with Crippen LogP contribution in [0.5, 0.6) is 0 Å². The zero-order valence-corrected chi connectivity index (χ0v) is 14.1. The largest absolute Gasteiger partial charge is 0.350 e. The Hall–Kier alpha value is -2.17. The van der Waals surface area contributed by atoms with Gasteiger partial charge < -0.3 is 5.32 Å². The molecule has 1 amide bonds. The summed E-state index contributed by atoms with van der Waals surface area (Å²) < 4.78 is 13.2. The molecular formula is C19H22FN3O. The van der Waals surface area contributed by atoms with E-state index in [-0.39, 0.29) is 17.1 Å². The predicted molar refractivity (Wildman–Crippen MR) is 88.9 cm³/mol. The number of halogens is 1. The number of nitrogens with one attached hydrogen (secondary N) is 2. The predicted octanol–water partition coefficient (Wildman–Crippen LogP) is 3.02. The highest BCUT2D eigenvalue weighted by Gasteiger charge is 2.66. The fraction of sp³-hybridized carbons (Fsp3) is 0.474. The first-order valence-electron chi connectivity index (χ1n) is 8.53. The van der Waals surface area contributed by atoms with Crippen molar-refractivity contribution >= 4 is 5.91 Å². The molecule has 1 atom stereocenters. The van der Waals surface area contributed by atoms with Crippen LogP contribution in [0.4, 0.5) is 4.39 Å². The SMILES string of the molecule is CC1(C)C[C@@]1(C(=O)NCc1n[nH]c2c1CCC2)c1ccc(F)cc1. The van der Waals surface area contributed by atoms with E-state index >= 15 is 0 Å². The molecule has 4 nitrogen and oxygen atoms in total. The second-order valence-electron chi connectivity index (χ2n) is 7.64. The minimum absolute atomic E-state index is 0.00820. The number of aryl methyl sites for hydroxylation is 1. The molecule has 0 aliphatic heterocycles. The van der Waals surface area contributed by atoms with Gasteiger partial charge in [0.25, 0.3) is 0 Å². The number of nitrogens with zero attached hydrogens (tertiary/aromatic N) is 1. The molecule has 2 aromatic rings. The third kappa shape index (κ3) is 2.18. The van der Waals surface area contributed by atoms with Crippen molar-refractivity contribution in [3.05, 3.63) is 52.6 Å². The minimum atomic E-state index is -0.569. The Labute approximate surface area is 140 Å². The Morgan fingerprint density at radius 3 is 2.67 bits per heavy atom. The molecule has 0 unspecified atom stereocenters. The van der Waals surface area contributed by atoms with E-state index in [9.17, 15) is 9.18 Å². The summed E-state index contributed by atoms with van der Waals surface area (Å²) in [5.41, 5.74) is 3.62. The van der Waals surface area contributed by atoms with Crippen molar-refractivity contribution in [3.63, 3.8) is 0 Å². The van der Waals surface area contributed by atoms with Crippen molar-refractivity contribution < 1.29 is 9.18 Å². The van der Waals surface area contributed by atoms with Crippen molar-refractivity contribution in [2.45, 2.75) is 51.5 Å². The van der Waals surface area contributed by atoms with Crippen LogP contribution in [0, 0.1) is 11.2 Å². The first-order chi connectivity index (χ1) is 11.4. The molecular weight excluding hydrogens is 305 g/mol. The van der Waals surface area contributed by atoms with Gasteiger partial charge in [0.15, 0.2) is 0 Å². The normalized spacial score (nSPS) is 23.8. The monoisotopic (exact) mass is 327 g/mol. The zero-order valence-electron chi connectivity index (χ0n) is 14.1. The third-order valence-electron chi connectivity index (χ3n) is 5.77. The molecule has 2 aliphatic rings. The molecule has 0 spiro atoms. The lowest BCUT2D eigenvalue weighted by Crippen LogP contribution is -2.37. The number of H-pyrrole nitrogens is 1. The quantitative estimate of drug-likeness (QED) is 0.907. The van der Waals surface area contributed by atoms with E-state index < -0.39 is 5.41 Å². The van der Waals surface area contributed by atoms with Crippen molar-refractivity contribution in [1.82, 2.24) is 15.5 Å². The van der Waals surface area contributed by atoms with Crippen LogP contribution < -0.4 is 5.32 Å². The molecule has 126 valence electrons. The number of hydrogen-bond donors (Lipinski definition) is 2. The van der Waals surface area contributed by atoms with E-state index in [0.717, 1.165) is 36.9 Å². The smallest absolute Gasteiger partial charge is 0.231 e. The Morgan fingerprint density at radius 1 is 1.29 bits per heavy atom. The first kappa shape index (κ1) is 15.4. The highest BCUT2D eigenvalue weighted by atomic mass is 19.1. The van der Waals surface area contributed by atoms with E-state index in [1.165, 1.54) is 23.4 Å². The summed E-state index contributed by atoms with van der Waals surface area (Å²) >= 11 is 0. The van der Waals surface area contributed by atoms with Gasteiger partial charge in [-0.15, -0.1) is 0 Å². The summed E-state index contributed by atoms with van der Waals surface area (Å²) in [6.45, 7) is 4.62. The number of benzene rings is 1. The van der Waals surface area contributed by atoms with Crippen LogP contribution >= 0.6 is 0 Å². The summed E-state index contributed by atoms with van der Waals surface area (Å²) in [6, 6.07) is 6.32. The van der Waals surface area contributed by atoms with Gasteiger partial charge in [0.1, 0.15) is 5.82 Å². The van der Waals surface area contributed by atoms with Gasteiger partial charge in [-0.25, -0.2) is 4.39 Å². The van der Waals surface area contributed by atoms with Gasteiger partial charge in [0.2, 0.25) is 5.91 Å². The van der Waals surface area contributed by atoms with Crippen molar-refractivity contribution in [2.24, 2.45) is 5.41 Å². The maximum absolute atomic E-state index is 13.2. The molecule has 4 rings (SSSR count). The van der Waals surface area contributed by atoms with Crippen LogP contribution in [0.1, 0.15) is 49.2 Å². The van der Waals surface area contributed by atoms with Gasteiger partial charge in [0.05, 0.1) is 17.7 Å². The molecule has 2 aliphatic carbocycles. The van der Waals surface area contributed by atoms with Gasteiger partial charge in [-0.1, -0.05) is 26.0 Å². The number of rotatable bonds is 4. The summed E-state index contributed by atoms with van der Waals surface area (Å²) in [5.74, 6) is -0.270. The van der Waals surface area contributed by atoms with E-state index in [1.807, 2.05) is 0 Å². The zero-order chi connectivity index (χ0) is 16.9. The molecule has 0 saturated heterocycles. The van der Waals surface area contributed by atoms with Gasteiger partial charge in [-0.3, -0.25) is 9.89 Å². The topological polar surface area (TPSA) is 57.8 Å². The lowest BCUT2D eigenvalue weighted by Gasteiger charge is -2.20. The fourth-order valence-electron chi connectivity index (χ4n) is 4.21. The number of carbonyl (C=O) groups is 1. The van der Waals surface area contributed by atoms with E-state index in [0.29, 0.717) is 6.54 Å². The number of hydrogen-bond acceptors (Lipinski definition) is 2. The average molecular weight is 327 g/mol. The molecule has 24 heavy (non-hydrogen) atoms. The van der Waals surface area contributed by atoms with Crippen LogP contribution in [-0.2, 0) is 29.6 Å². The Kier molecular flexibility index (Phi) is 3.31. The maximum atomic E-state index is 13.2. The second kappa shape index (κ2) is 5.16. The number of aromatic nitrogens is 2. The summed E-state index contributed by atoms with van der Waals surface area (Å²) in [5, 5.41) is 10.5. The molecule has 1 heterocycles. The van der Waals surface area contributed by atoms with E-state index in [2.05, 4.69) is 29.4 Å². The van der Waals surface area contributed by atoms with Gasteiger partial charge >= 0.3 is 0 Å². The molecule has 1 aromatic carbocycles. The van der Waals surface area contributed by atoms with Crippen molar-refractivity contribution in [3.8, 4) is 0 Å². The Bertz CT molecular complexity index is 793. The van der Waals surface area contributed by atoms with Crippen molar-refractivity contribution in [1.29, 1.82) is 0 Å². The highest BCUT2D eigenvalue weighted by molar-refractivity contribution is 5.93. The van der Waals surface area contributed by atoms with E-state index in [4.69, 9.17) is 0 Å². The summed E-state index contributed by atoms with van der Waals surface area (Å²) in [7, 11) is 0. The fourth-order valence-corrected chi connectivity index (χ4v) is 4.21. The van der Waals surface area contributed by atoms with Crippen LogP contribution in [0.25, 0.3) is 0 Å². The molecule has 1 fully saturated rings.